The molecule has 2 aromatic rings. The zero-order valence-corrected chi connectivity index (χ0v) is 11.0. The van der Waals surface area contributed by atoms with Crippen LogP contribution in [0.2, 0.25) is 0 Å². The van der Waals surface area contributed by atoms with E-state index in [-0.39, 0.29) is 0 Å². The van der Waals surface area contributed by atoms with E-state index in [4.69, 9.17) is 14.9 Å². The Kier molecular flexibility index (Phi) is 3.67. The second kappa shape index (κ2) is 5.23. The van der Waals surface area contributed by atoms with Gasteiger partial charge in [-0.1, -0.05) is 0 Å². The van der Waals surface area contributed by atoms with Crippen molar-refractivity contribution in [3.63, 3.8) is 0 Å². The number of oxazole rings is 1. The molecule has 0 spiro atoms. The lowest BCUT2D eigenvalue weighted by atomic mass is 10.1. The van der Waals surface area contributed by atoms with E-state index in [0.717, 1.165) is 28.3 Å². The van der Waals surface area contributed by atoms with Crippen molar-refractivity contribution in [3.05, 3.63) is 35.4 Å². The maximum absolute atomic E-state index is 5.53. The summed E-state index contributed by atoms with van der Waals surface area (Å²) in [4.78, 5) is 4.38. The van der Waals surface area contributed by atoms with Gasteiger partial charge in [0.2, 0.25) is 5.89 Å². The Labute approximate surface area is 107 Å². The number of aromatic nitrogens is 1. The SMILES string of the molecule is CCOc1ccc(-c2nc(CN)oc2C)cc1C. The second-order valence-electron chi connectivity index (χ2n) is 4.13. The summed E-state index contributed by atoms with van der Waals surface area (Å²) in [6.45, 7) is 6.88. The smallest absolute Gasteiger partial charge is 0.208 e. The van der Waals surface area contributed by atoms with E-state index in [1.54, 1.807) is 0 Å². The molecule has 2 rings (SSSR count). The molecule has 0 aliphatic heterocycles. The van der Waals surface area contributed by atoms with Crippen LogP contribution in [0.1, 0.15) is 24.1 Å². The highest BCUT2D eigenvalue weighted by molar-refractivity contribution is 5.63. The first kappa shape index (κ1) is 12.6. The molecule has 1 aromatic heterocycles. The molecule has 1 heterocycles. The van der Waals surface area contributed by atoms with Crippen LogP contribution in [-0.4, -0.2) is 11.6 Å². The Balaban J connectivity index is 2.38. The fraction of sp³-hybridized carbons (Fsp3) is 0.357. The number of nitrogens with two attached hydrogens (primary N) is 1. The van der Waals surface area contributed by atoms with Crippen LogP contribution in [0.25, 0.3) is 11.3 Å². The van der Waals surface area contributed by atoms with Crippen LogP contribution in [0.15, 0.2) is 22.6 Å². The standard InChI is InChI=1S/C14H18N2O2/c1-4-17-12-6-5-11(7-9(12)2)14-10(3)18-13(8-15)16-14/h5-7H,4,8,15H2,1-3H3. The van der Waals surface area contributed by atoms with Crippen LogP contribution in [0.3, 0.4) is 0 Å². The summed E-state index contributed by atoms with van der Waals surface area (Å²) < 4.78 is 11.0. The molecule has 18 heavy (non-hydrogen) atoms. The Morgan fingerprint density at radius 2 is 2.11 bits per heavy atom. The molecule has 1 aromatic carbocycles. The minimum atomic E-state index is 0.316. The predicted octanol–water partition coefficient (Wildman–Crippen LogP) is 2.82. The van der Waals surface area contributed by atoms with Crippen molar-refractivity contribution < 1.29 is 9.15 Å². The molecule has 0 radical (unpaired) electrons. The summed E-state index contributed by atoms with van der Waals surface area (Å²) in [6, 6.07) is 6.00. The number of benzene rings is 1. The number of ether oxygens (including phenoxy) is 1. The Morgan fingerprint density at radius 3 is 2.67 bits per heavy atom. The van der Waals surface area contributed by atoms with Crippen molar-refractivity contribution in [2.24, 2.45) is 5.73 Å². The topological polar surface area (TPSA) is 61.3 Å². The zero-order chi connectivity index (χ0) is 13.1. The summed E-state index contributed by atoms with van der Waals surface area (Å²) in [5, 5.41) is 0. The summed E-state index contributed by atoms with van der Waals surface area (Å²) in [7, 11) is 0. The molecule has 2 N–H and O–H groups in total. The molecule has 0 atom stereocenters. The highest BCUT2D eigenvalue weighted by Crippen LogP contribution is 2.28. The first-order valence-electron chi connectivity index (χ1n) is 6.06. The van der Waals surface area contributed by atoms with Crippen molar-refractivity contribution in [3.8, 4) is 17.0 Å². The quantitative estimate of drug-likeness (QED) is 0.901. The van der Waals surface area contributed by atoms with Gasteiger partial charge in [-0.2, -0.15) is 0 Å². The second-order valence-corrected chi connectivity index (χ2v) is 4.13. The van der Waals surface area contributed by atoms with Crippen LogP contribution < -0.4 is 10.5 Å². The molecule has 4 nitrogen and oxygen atoms in total. The minimum Gasteiger partial charge on any atom is -0.494 e. The predicted molar refractivity (Wildman–Crippen MR) is 70.5 cm³/mol. The van der Waals surface area contributed by atoms with Crippen molar-refractivity contribution in [1.82, 2.24) is 4.98 Å². The Bertz CT molecular complexity index is 547. The number of aryl methyl sites for hydroxylation is 2. The molecule has 0 aliphatic carbocycles. The van der Waals surface area contributed by atoms with Crippen LogP contribution >= 0.6 is 0 Å². The summed E-state index contributed by atoms with van der Waals surface area (Å²) in [5.41, 5.74) is 8.49. The monoisotopic (exact) mass is 246 g/mol. The van der Waals surface area contributed by atoms with Crippen LogP contribution in [-0.2, 0) is 6.54 Å². The number of rotatable bonds is 4. The third-order valence-electron chi connectivity index (χ3n) is 2.76. The molecule has 0 unspecified atom stereocenters. The Hall–Kier alpha value is -1.81. The highest BCUT2D eigenvalue weighted by atomic mass is 16.5. The summed E-state index contributed by atoms with van der Waals surface area (Å²) >= 11 is 0. The van der Waals surface area contributed by atoms with E-state index >= 15 is 0 Å². The first-order valence-corrected chi connectivity index (χ1v) is 6.06. The van der Waals surface area contributed by atoms with Crippen LogP contribution in [0.4, 0.5) is 0 Å². The van der Waals surface area contributed by atoms with E-state index in [9.17, 15) is 0 Å². The van der Waals surface area contributed by atoms with Crippen LogP contribution in [0.5, 0.6) is 5.75 Å². The van der Waals surface area contributed by atoms with Crippen molar-refractivity contribution in [1.29, 1.82) is 0 Å². The van der Waals surface area contributed by atoms with Crippen LogP contribution in [0, 0.1) is 13.8 Å². The van der Waals surface area contributed by atoms with E-state index in [1.807, 2.05) is 32.9 Å². The van der Waals surface area contributed by atoms with Gasteiger partial charge in [-0.05, 0) is 44.5 Å². The average Bonchev–Trinajstić information content (AvgIpc) is 2.73. The number of nitrogens with zero attached hydrogens (tertiary/aromatic N) is 1. The van der Waals surface area contributed by atoms with Gasteiger partial charge in [0, 0.05) is 5.56 Å². The lowest BCUT2D eigenvalue weighted by Crippen LogP contribution is -1.96. The average molecular weight is 246 g/mol. The fourth-order valence-corrected chi connectivity index (χ4v) is 1.92. The van der Waals surface area contributed by atoms with E-state index < -0.39 is 0 Å². The van der Waals surface area contributed by atoms with Gasteiger partial charge in [-0.15, -0.1) is 0 Å². The van der Waals surface area contributed by atoms with Gasteiger partial charge in [0.15, 0.2) is 0 Å². The molecule has 96 valence electrons. The third kappa shape index (κ3) is 2.38. The van der Waals surface area contributed by atoms with E-state index in [0.29, 0.717) is 19.0 Å². The number of hydrogen-bond acceptors (Lipinski definition) is 4. The molecule has 0 fully saturated rings. The van der Waals surface area contributed by atoms with Gasteiger partial charge >= 0.3 is 0 Å². The minimum absolute atomic E-state index is 0.316. The maximum Gasteiger partial charge on any atom is 0.208 e. The highest BCUT2D eigenvalue weighted by Gasteiger charge is 2.11. The van der Waals surface area contributed by atoms with Crippen molar-refractivity contribution >= 4 is 0 Å². The molecule has 0 saturated carbocycles. The Morgan fingerprint density at radius 1 is 1.33 bits per heavy atom. The summed E-state index contributed by atoms with van der Waals surface area (Å²) in [6.07, 6.45) is 0. The van der Waals surface area contributed by atoms with Gasteiger partial charge in [-0.25, -0.2) is 4.98 Å². The lowest BCUT2D eigenvalue weighted by molar-refractivity contribution is 0.338. The molecule has 0 amide bonds. The number of hydrogen-bond donors (Lipinski definition) is 1. The fourth-order valence-electron chi connectivity index (χ4n) is 1.92. The molecular weight excluding hydrogens is 228 g/mol. The van der Waals surface area contributed by atoms with Gasteiger partial charge in [-0.3, -0.25) is 0 Å². The lowest BCUT2D eigenvalue weighted by Gasteiger charge is -2.08. The maximum atomic E-state index is 5.53. The summed E-state index contributed by atoms with van der Waals surface area (Å²) in [5.74, 6) is 2.26. The van der Waals surface area contributed by atoms with Crippen molar-refractivity contribution in [2.45, 2.75) is 27.3 Å². The third-order valence-corrected chi connectivity index (χ3v) is 2.76. The zero-order valence-electron chi connectivity index (χ0n) is 11.0. The molecule has 0 aliphatic rings. The van der Waals surface area contributed by atoms with E-state index in [2.05, 4.69) is 11.1 Å². The van der Waals surface area contributed by atoms with Gasteiger partial charge in [0.1, 0.15) is 17.2 Å². The normalized spacial score (nSPS) is 10.7. The van der Waals surface area contributed by atoms with Gasteiger partial charge in [0.25, 0.3) is 0 Å². The van der Waals surface area contributed by atoms with E-state index in [1.165, 1.54) is 0 Å². The largest absolute Gasteiger partial charge is 0.494 e. The first-order chi connectivity index (χ1) is 8.65. The molecule has 4 heteroatoms. The van der Waals surface area contributed by atoms with Crippen molar-refractivity contribution in [2.75, 3.05) is 6.61 Å². The molecular formula is C14H18N2O2. The molecule has 0 bridgehead atoms. The van der Waals surface area contributed by atoms with Gasteiger partial charge < -0.3 is 14.9 Å². The van der Waals surface area contributed by atoms with Gasteiger partial charge in [0.05, 0.1) is 13.2 Å². The molecule has 0 saturated heterocycles.